The Hall–Kier alpha value is -9.03. The number of benzene rings is 8. The number of carbonyl (C=O) groups excluding carboxylic acids is 3. The number of halogens is 3. The van der Waals surface area contributed by atoms with Crippen molar-refractivity contribution in [3.05, 3.63) is 307 Å². The number of aldehydes is 1. The number of unbranched alkanes of at least 4 members (excludes halogenated alkanes) is 1. The van der Waals surface area contributed by atoms with Crippen LogP contribution < -0.4 is 5.73 Å². The smallest absolute Gasteiger partial charge is 0.378 e. The van der Waals surface area contributed by atoms with Crippen LogP contribution in [0.4, 0.5) is 0 Å². The Morgan fingerprint density at radius 2 is 0.862 bits per heavy atom. The highest BCUT2D eigenvalue weighted by Crippen LogP contribution is 2.47. The summed E-state index contributed by atoms with van der Waals surface area (Å²) < 4.78 is 37.7. The first kappa shape index (κ1) is 113. The highest BCUT2D eigenvalue weighted by molar-refractivity contribution is 9.09. The van der Waals surface area contributed by atoms with Crippen LogP contribution in [0.15, 0.2) is 212 Å². The van der Waals surface area contributed by atoms with E-state index in [9.17, 15) is 38.3 Å². The van der Waals surface area contributed by atoms with Crippen molar-refractivity contribution >= 4 is 78.3 Å². The molecule has 0 radical (unpaired) electrons. The monoisotopic (exact) mass is 1940 g/mol. The highest BCUT2D eigenvalue weighted by atomic mass is 79.9. The summed E-state index contributed by atoms with van der Waals surface area (Å²) in [6, 6.07) is 73.1. The molecular formula is C111H148Br2ClN5O10S. The summed E-state index contributed by atoms with van der Waals surface area (Å²) in [7, 11) is -3.37. The van der Waals surface area contributed by atoms with Gasteiger partial charge in [-0.3, -0.25) is 14.4 Å². The summed E-state index contributed by atoms with van der Waals surface area (Å²) in [5, 5.41) is 46.8. The van der Waals surface area contributed by atoms with Gasteiger partial charge in [0.1, 0.15) is 18.5 Å². The van der Waals surface area contributed by atoms with E-state index in [1.807, 2.05) is 61.5 Å². The molecule has 14 rings (SSSR count). The van der Waals surface area contributed by atoms with Crippen LogP contribution in [0.5, 0.6) is 0 Å². The summed E-state index contributed by atoms with van der Waals surface area (Å²) in [5.74, 6) is -2.42. The van der Waals surface area contributed by atoms with Crippen LogP contribution in [0.2, 0.25) is 0 Å². The van der Waals surface area contributed by atoms with Crippen LogP contribution >= 0.6 is 44.3 Å². The number of carbonyl (C=O) groups is 3. The number of ketones is 1. The van der Waals surface area contributed by atoms with Gasteiger partial charge in [0.2, 0.25) is 18.1 Å². The van der Waals surface area contributed by atoms with Crippen molar-refractivity contribution in [1.29, 1.82) is 15.9 Å². The summed E-state index contributed by atoms with van der Waals surface area (Å²) >= 11 is 6.66. The van der Waals surface area contributed by atoms with Crippen LogP contribution in [-0.4, -0.2) is 84.8 Å². The number of amidine groups is 1. The highest BCUT2D eigenvalue weighted by Gasteiger charge is 2.42. The first-order valence-corrected chi connectivity index (χ1v) is 49.9. The summed E-state index contributed by atoms with van der Waals surface area (Å²) in [6.45, 7) is 29.2. The van der Waals surface area contributed by atoms with Crippen molar-refractivity contribution in [3.63, 3.8) is 0 Å². The molecule has 0 heterocycles. The largest absolute Gasteiger partial charge is 0.499 e. The molecule has 0 spiro atoms. The molecule has 6 aliphatic carbocycles. The quantitative estimate of drug-likeness (QED) is 0.00445. The standard InChI is InChI=1S/C16H20O5.C14H20N2.C14H17N.C14H20O3S.C13H15N.C13H18O.C13H16O.C9H9N.C4H8Br2.CH4.ClH/c1-11(17)14(13(18)15(19)21-16(2,3)4)20-10-12-8-6-5-7-9-12;1-11-4-6-12(7-5-11)14(10-13(15)16)8-2-3-9-14;1-12-5-7-13(8-6-12)14(11-15-2)9-3-4-10-14;1-12-5-7-13(8-6-12)14(9-3-4-10-14)11-17-18(2,15)16;3*1-11-4-6-12(7-5-11)13(10-14)8-2-3-9-13;1-8-2-4-9(5-3-8)6-7-10;5-3-1-2-4-6;;/h5-9,18H,10H2,1-4H3;4-7H,2-3,8-10H2,1H3,(H3,15,16);5-8H,3-4,9-11H2,1H3;5-8H,3-4,9-11H2,1-2H3;4-7H,2-3,8-9H2,1H3;4-7,14H,2-3,8-10H2,1H3;4-7,10H,2-3,8-9H2,1H3;2-5H,6H2,1H3;1-4H2;1H4;1H/b14-13+;;;;;;;;;;. The molecule has 8 aromatic carbocycles. The van der Waals surface area contributed by atoms with E-state index in [0.717, 1.165) is 105 Å². The average molecular weight is 1940 g/mol. The van der Waals surface area contributed by atoms with Crippen LogP contribution in [0.3, 0.4) is 0 Å². The van der Waals surface area contributed by atoms with E-state index in [-0.39, 0.29) is 65.5 Å². The molecule has 6 aliphatic rings. The molecule has 704 valence electrons. The van der Waals surface area contributed by atoms with E-state index >= 15 is 0 Å². The van der Waals surface area contributed by atoms with E-state index in [1.54, 1.807) is 20.8 Å². The number of aliphatic hydroxyl groups is 2. The molecular weight excluding hydrogens is 1790 g/mol. The van der Waals surface area contributed by atoms with Gasteiger partial charge in [0, 0.05) is 40.2 Å². The van der Waals surface area contributed by atoms with Crippen molar-refractivity contribution in [2.75, 3.05) is 36.7 Å². The molecule has 0 aromatic heterocycles. The number of ether oxygens (including phenoxy) is 2. The molecule has 130 heavy (non-hydrogen) atoms. The molecule has 6 saturated carbocycles. The lowest BCUT2D eigenvalue weighted by Crippen LogP contribution is -2.29. The van der Waals surface area contributed by atoms with Crippen LogP contribution in [0.25, 0.3) is 4.85 Å². The van der Waals surface area contributed by atoms with Gasteiger partial charge in [-0.15, -0.1) is 12.4 Å². The normalized spacial score (nSPS) is 16.5. The molecule has 0 amide bonds. The number of nitrogens with two attached hydrogens (primary N) is 1. The summed E-state index contributed by atoms with van der Waals surface area (Å²) in [5.41, 5.74) is 23.2. The second-order valence-electron chi connectivity index (χ2n) is 37.1. The number of esters is 1. The minimum absolute atomic E-state index is 0. The molecule has 5 N–H and O–H groups in total. The van der Waals surface area contributed by atoms with Gasteiger partial charge < -0.3 is 35.1 Å². The number of nitrogens with zero attached hydrogens (tertiary/aromatic N) is 3. The van der Waals surface area contributed by atoms with E-state index in [2.05, 4.69) is 236 Å². The van der Waals surface area contributed by atoms with Gasteiger partial charge in [-0.2, -0.15) is 18.9 Å². The van der Waals surface area contributed by atoms with Gasteiger partial charge in [-0.25, -0.2) is 11.4 Å². The third-order valence-electron chi connectivity index (χ3n) is 25.6. The Bertz CT molecular complexity index is 4940. The first-order valence-electron chi connectivity index (χ1n) is 45.9. The maximum atomic E-state index is 11.8. The summed E-state index contributed by atoms with van der Waals surface area (Å²) in [6.07, 6.45) is 33.9. The number of hydrogen-bond donors (Lipinski definition) is 4. The van der Waals surface area contributed by atoms with E-state index in [1.165, 1.54) is 182 Å². The van der Waals surface area contributed by atoms with Gasteiger partial charge in [0.15, 0.2) is 5.78 Å². The van der Waals surface area contributed by atoms with E-state index in [0.29, 0.717) is 25.4 Å². The van der Waals surface area contributed by atoms with E-state index in [4.69, 9.17) is 36.6 Å². The predicted octanol–water partition coefficient (Wildman–Crippen LogP) is 27.4. The number of rotatable bonds is 23. The number of nitrogens with one attached hydrogen (secondary N) is 1. The molecule has 8 aromatic rings. The van der Waals surface area contributed by atoms with Crippen molar-refractivity contribution in [2.24, 2.45) is 5.73 Å². The van der Waals surface area contributed by atoms with Crippen LogP contribution in [0.1, 0.15) is 292 Å². The Balaban J connectivity index is 0.000000309. The molecule has 0 aliphatic heterocycles. The number of aliphatic hydroxyl groups excluding tert-OH is 2. The molecule has 15 nitrogen and oxygen atoms in total. The minimum Gasteiger partial charge on any atom is -0.499 e. The number of allylic oxidation sites excluding steroid dienone is 1. The van der Waals surface area contributed by atoms with E-state index < -0.39 is 39.0 Å². The van der Waals surface area contributed by atoms with Crippen molar-refractivity contribution in [3.8, 4) is 12.1 Å². The predicted molar refractivity (Wildman–Crippen MR) is 544 cm³/mol. The maximum absolute atomic E-state index is 11.8. The topological polar surface area (TPSA) is 255 Å². The van der Waals surface area contributed by atoms with Gasteiger partial charge in [0.25, 0.3) is 10.1 Å². The third kappa shape index (κ3) is 36.8. The maximum Gasteiger partial charge on any atom is 0.378 e. The molecule has 0 bridgehead atoms. The fourth-order valence-corrected chi connectivity index (χ4v) is 19.1. The van der Waals surface area contributed by atoms with Gasteiger partial charge >= 0.3 is 5.97 Å². The Kier molecular flexibility index (Phi) is 49.5. The lowest BCUT2D eigenvalue weighted by Gasteiger charge is -2.29. The second-order valence-corrected chi connectivity index (χ2v) is 40.3. The lowest BCUT2D eigenvalue weighted by atomic mass is 9.75. The third-order valence-corrected chi connectivity index (χ3v) is 27.2. The molecule has 19 heteroatoms. The second kappa shape index (κ2) is 56.8. The molecule has 6 fully saturated rings. The SMILES string of the molecule is BrCCCCBr.C.CC(=O)/C(OCc1ccccc1)=C(\O)C(=O)OC(C)(C)C.Cc1ccc(C2(C#N)CCCC2)cc1.Cc1ccc(C2(C=O)CCCC2)cc1.Cc1ccc(C2(CC(=N)N)CCCC2)cc1.Cc1ccc(C2(CO)CCCC2)cc1.Cc1ccc(C2(COS(C)(=O)=O)CCCC2)cc1.Cc1ccc(CC#N)cc1.Cl.[C-]#[N+]CC1(c2ccc(C)cc2)CCCC1. The Morgan fingerprint density at radius 1 is 0.523 bits per heavy atom. The number of Topliss-reactive ketones (excluding diaryl/α,β-unsaturated/α-hetero) is 1. The lowest BCUT2D eigenvalue weighted by molar-refractivity contribution is -0.154. The van der Waals surface area contributed by atoms with Gasteiger partial charge in [-0.1, -0.05) is 355 Å². The fourth-order valence-electron chi connectivity index (χ4n) is 17.9. The fraction of sp³-hybridized carbons (Fsp3) is 0.486. The number of hydrogen-bond acceptors (Lipinski definition) is 13. The van der Waals surface area contributed by atoms with Crippen molar-refractivity contribution in [1.82, 2.24) is 0 Å². The zero-order valence-electron chi connectivity index (χ0n) is 78.8. The zero-order valence-corrected chi connectivity index (χ0v) is 83.6. The van der Waals surface area contributed by atoms with Gasteiger partial charge in [0.05, 0.1) is 60.1 Å². The minimum atomic E-state index is -3.37. The number of aryl methyl sites for hydroxylation is 7. The number of nitriles is 2. The average Bonchev–Trinajstić information content (AvgIpc) is 1.62. The van der Waals surface area contributed by atoms with Gasteiger partial charge in [-0.05, 0) is 204 Å². The Labute approximate surface area is 804 Å². The Morgan fingerprint density at radius 3 is 1.21 bits per heavy atom. The summed E-state index contributed by atoms with van der Waals surface area (Å²) in [4.78, 5) is 38.1. The molecule has 0 saturated heterocycles. The van der Waals surface area contributed by atoms with Crippen LogP contribution in [-0.2, 0) is 83.7 Å². The van der Waals surface area contributed by atoms with Crippen LogP contribution in [0, 0.1) is 83.1 Å². The molecule has 0 atom stereocenters. The number of alkyl halides is 2. The first-order chi connectivity index (χ1) is 61.0. The molecule has 0 unspecified atom stereocenters. The van der Waals surface area contributed by atoms with Crippen molar-refractivity contribution < 1.29 is 46.7 Å². The zero-order chi connectivity index (χ0) is 93.9. The van der Waals surface area contributed by atoms with Crippen molar-refractivity contribution in [2.45, 2.75) is 308 Å².